The van der Waals surface area contributed by atoms with Crippen LogP contribution in [0, 0.1) is 11.3 Å². The van der Waals surface area contributed by atoms with E-state index in [0.717, 1.165) is 0 Å². The van der Waals surface area contributed by atoms with E-state index < -0.39 is 32.8 Å². The first-order chi connectivity index (χ1) is 14.9. The van der Waals surface area contributed by atoms with Crippen LogP contribution >= 0.6 is 0 Å². The summed E-state index contributed by atoms with van der Waals surface area (Å²) < 4.78 is 43.9. The second-order valence-corrected chi connectivity index (χ2v) is 8.62. The van der Waals surface area contributed by atoms with E-state index in [2.05, 4.69) is 0 Å². The van der Waals surface area contributed by atoms with Gasteiger partial charge < -0.3 is 14.2 Å². The molecule has 0 aliphatic heterocycles. The lowest BCUT2D eigenvalue weighted by Crippen LogP contribution is -2.55. The van der Waals surface area contributed by atoms with Crippen molar-refractivity contribution in [2.45, 2.75) is 42.6 Å². The van der Waals surface area contributed by atoms with Crippen molar-refractivity contribution in [1.29, 1.82) is 5.26 Å². The Morgan fingerprint density at radius 1 is 0.935 bits per heavy atom. The summed E-state index contributed by atoms with van der Waals surface area (Å²) in [6.45, 7) is 5.03. The molecule has 7 nitrogen and oxygen atoms in total. The predicted octanol–water partition coefficient (Wildman–Crippen LogP) is 3.47. The van der Waals surface area contributed by atoms with Crippen molar-refractivity contribution in [3.63, 3.8) is 0 Å². The molecule has 0 radical (unpaired) electrons. The molecular weight excluding hydrogens is 418 g/mol. The molecule has 0 amide bonds. The van der Waals surface area contributed by atoms with Crippen molar-refractivity contribution in [3.05, 3.63) is 66.2 Å². The van der Waals surface area contributed by atoms with Gasteiger partial charge in [-0.2, -0.15) is 5.26 Å². The zero-order valence-corrected chi connectivity index (χ0v) is 18.7. The van der Waals surface area contributed by atoms with Crippen LogP contribution in [0.4, 0.5) is 0 Å². The summed E-state index contributed by atoms with van der Waals surface area (Å²) in [5, 5.41) is 8.39. The van der Waals surface area contributed by atoms with Crippen molar-refractivity contribution in [3.8, 4) is 6.07 Å². The fourth-order valence-electron chi connectivity index (χ4n) is 3.46. The minimum absolute atomic E-state index is 0.0326. The van der Waals surface area contributed by atoms with E-state index in [1.165, 1.54) is 12.1 Å². The number of nitrogens with zero attached hydrogens (tertiary/aromatic N) is 1. The number of nitriles is 1. The highest BCUT2D eigenvalue weighted by Gasteiger charge is 2.57. The molecule has 0 saturated carbocycles. The molecule has 0 spiro atoms. The Kier molecular flexibility index (Phi) is 8.75. The molecule has 31 heavy (non-hydrogen) atoms. The average molecular weight is 446 g/mol. The summed E-state index contributed by atoms with van der Waals surface area (Å²) in [6.07, 6.45) is 0. The number of rotatable bonds is 11. The molecule has 2 rings (SSSR count). The molecule has 0 saturated heterocycles. The normalized spacial score (nSPS) is 13.7. The molecular formula is C23H27NO6S. The summed E-state index contributed by atoms with van der Waals surface area (Å²) in [6, 6.07) is 18.0. The number of carbonyl (C=O) groups excluding carboxylic acids is 1. The van der Waals surface area contributed by atoms with Gasteiger partial charge in [0.05, 0.1) is 23.5 Å². The highest BCUT2D eigenvalue weighted by atomic mass is 32.2. The predicted molar refractivity (Wildman–Crippen MR) is 115 cm³/mol. The fourth-order valence-corrected chi connectivity index (χ4v) is 5.12. The van der Waals surface area contributed by atoms with Gasteiger partial charge in [0.25, 0.3) is 5.79 Å². The van der Waals surface area contributed by atoms with Crippen LogP contribution in [0.2, 0.25) is 0 Å². The summed E-state index contributed by atoms with van der Waals surface area (Å²) in [5.41, 5.74) is 0.406. The summed E-state index contributed by atoms with van der Waals surface area (Å²) in [7, 11) is -4.20. The average Bonchev–Trinajstić information content (AvgIpc) is 2.78. The van der Waals surface area contributed by atoms with E-state index in [4.69, 9.17) is 14.2 Å². The summed E-state index contributed by atoms with van der Waals surface area (Å²) >= 11 is 0. The number of sulfone groups is 1. The lowest BCUT2D eigenvalue weighted by Gasteiger charge is -2.39. The minimum atomic E-state index is -4.20. The maximum Gasteiger partial charge on any atom is 0.367 e. The molecule has 166 valence electrons. The Hall–Kier alpha value is -2.73. The smallest absolute Gasteiger partial charge is 0.367 e. The third-order valence-electron chi connectivity index (χ3n) is 4.68. The summed E-state index contributed by atoms with van der Waals surface area (Å²) in [4.78, 5) is 13.1. The Labute approximate surface area is 183 Å². The largest absolute Gasteiger partial charge is 0.462 e. The van der Waals surface area contributed by atoms with E-state index in [1.54, 1.807) is 69.3 Å². The van der Waals surface area contributed by atoms with Gasteiger partial charge in [0.15, 0.2) is 15.1 Å². The zero-order valence-electron chi connectivity index (χ0n) is 17.9. The van der Waals surface area contributed by atoms with Gasteiger partial charge >= 0.3 is 5.97 Å². The van der Waals surface area contributed by atoms with Crippen molar-refractivity contribution in [1.82, 2.24) is 0 Å². The number of benzene rings is 2. The van der Waals surface area contributed by atoms with Crippen molar-refractivity contribution in [2.75, 3.05) is 19.8 Å². The standard InChI is InChI=1S/C23H27NO6S/c1-4-28-22(25)23(29-5-2,30-6-3)21(18-13-9-7-10-14-18)20(17-24)31(26,27)19-15-11-8-12-16-19/h7-16,20-21H,4-6H2,1-3H3/t20-,21-/m0/s1. The topological polar surface area (TPSA) is 103 Å². The van der Waals surface area contributed by atoms with Crippen LogP contribution in [0.1, 0.15) is 32.3 Å². The maximum absolute atomic E-state index is 13.5. The first-order valence-corrected chi connectivity index (χ1v) is 11.6. The van der Waals surface area contributed by atoms with Crippen LogP contribution in [0.15, 0.2) is 65.6 Å². The molecule has 2 atom stereocenters. The number of esters is 1. The van der Waals surface area contributed by atoms with Gasteiger partial charge in [-0.15, -0.1) is 0 Å². The van der Waals surface area contributed by atoms with Crippen LogP contribution in [0.3, 0.4) is 0 Å². The van der Waals surface area contributed by atoms with E-state index in [1.807, 2.05) is 6.07 Å². The molecule has 0 aliphatic carbocycles. The first kappa shape index (κ1) is 24.5. The third kappa shape index (κ3) is 5.13. The Balaban J connectivity index is 2.81. The fraction of sp³-hybridized carbons (Fsp3) is 0.391. The maximum atomic E-state index is 13.5. The molecule has 0 aliphatic rings. The van der Waals surface area contributed by atoms with Crippen LogP contribution in [-0.2, 0) is 28.8 Å². The number of hydrogen-bond donors (Lipinski definition) is 0. The number of hydrogen-bond acceptors (Lipinski definition) is 7. The van der Waals surface area contributed by atoms with E-state index in [-0.39, 0.29) is 24.7 Å². The third-order valence-corrected chi connectivity index (χ3v) is 6.66. The molecule has 2 aromatic carbocycles. The minimum Gasteiger partial charge on any atom is -0.462 e. The molecule has 0 N–H and O–H groups in total. The van der Waals surface area contributed by atoms with Gasteiger partial charge in [0.2, 0.25) is 0 Å². The second kappa shape index (κ2) is 11.0. The van der Waals surface area contributed by atoms with Crippen LogP contribution in [-0.4, -0.2) is 45.2 Å². The first-order valence-electron chi connectivity index (χ1n) is 10.1. The monoisotopic (exact) mass is 445 g/mol. The van der Waals surface area contributed by atoms with Gasteiger partial charge in [0, 0.05) is 13.2 Å². The lowest BCUT2D eigenvalue weighted by atomic mass is 9.87. The van der Waals surface area contributed by atoms with Crippen molar-refractivity contribution >= 4 is 15.8 Å². The number of ether oxygens (including phenoxy) is 3. The van der Waals surface area contributed by atoms with Gasteiger partial charge in [-0.25, -0.2) is 13.2 Å². The van der Waals surface area contributed by atoms with Gasteiger partial charge in [0.1, 0.15) is 0 Å². The Morgan fingerprint density at radius 2 is 1.45 bits per heavy atom. The van der Waals surface area contributed by atoms with Crippen LogP contribution in [0.25, 0.3) is 0 Å². The van der Waals surface area contributed by atoms with E-state index >= 15 is 0 Å². The molecule has 0 aromatic heterocycles. The van der Waals surface area contributed by atoms with Gasteiger partial charge in [-0.1, -0.05) is 48.5 Å². The van der Waals surface area contributed by atoms with Gasteiger partial charge in [-0.05, 0) is 38.5 Å². The van der Waals surface area contributed by atoms with E-state index in [9.17, 15) is 18.5 Å². The Morgan fingerprint density at radius 3 is 1.90 bits per heavy atom. The van der Waals surface area contributed by atoms with Crippen molar-refractivity contribution < 1.29 is 27.4 Å². The molecule has 0 bridgehead atoms. The Bertz CT molecular complexity index is 980. The SMILES string of the molecule is CCOC(=O)C(OCC)(OCC)[C@@H](c1ccccc1)[C@H](C#N)S(=O)(=O)c1ccccc1. The second-order valence-electron chi connectivity index (χ2n) is 6.55. The van der Waals surface area contributed by atoms with Crippen LogP contribution in [0.5, 0.6) is 0 Å². The molecule has 8 heteroatoms. The highest BCUT2D eigenvalue weighted by molar-refractivity contribution is 7.92. The zero-order chi connectivity index (χ0) is 22.9. The van der Waals surface area contributed by atoms with Crippen molar-refractivity contribution in [2.24, 2.45) is 0 Å². The van der Waals surface area contributed by atoms with Crippen LogP contribution < -0.4 is 0 Å². The molecule has 0 unspecified atom stereocenters. The quantitative estimate of drug-likeness (QED) is 0.385. The van der Waals surface area contributed by atoms with Gasteiger partial charge in [-0.3, -0.25) is 0 Å². The number of carbonyl (C=O) groups is 1. The molecule has 2 aromatic rings. The highest BCUT2D eigenvalue weighted by Crippen LogP contribution is 2.41. The van der Waals surface area contributed by atoms with E-state index in [0.29, 0.717) is 5.56 Å². The summed E-state index contributed by atoms with van der Waals surface area (Å²) in [5.74, 6) is -4.30. The molecule has 0 fully saturated rings. The lowest BCUT2D eigenvalue weighted by molar-refractivity contribution is -0.254. The molecule has 0 heterocycles.